The normalized spacial score (nSPS) is 10.5. The molecule has 1 heterocycles. The maximum absolute atomic E-state index is 11.3. The Labute approximate surface area is 107 Å². The Morgan fingerprint density at radius 1 is 1.50 bits per heavy atom. The molecule has 0 aromatic carbocycles. The highest BCUT2D eigenvalue weighted by atomic mass is 79.9. The van der Waals surface area contributed by atoms with Gasteiger partial charge in [-0.1, -0.05) is 25.2 Å². The largest absolute Gasteiger partial charge is 0.360 e. The Morgan fingerprint density at radius 3 is 2.81 bits per heavy atom. The molecule has 0 unspecified atom stereocenters. The number of nitrogens with zero attached hydrogens (tertiary/aromatic N) is 2. The smallest absolute Gasteiger partial charge is 0.221 e. The number of amides is 1. The molecule has 0 radical (unpaired) electrons. The van der Waals surface area contributed by atoms with Crippen molar-refractivity contribution in [1.29, 1.82) is 0 Å². The van der Waals surface area contributed by atoms with Gasteiger partial charge in [-0.3, -0.25) is 4.79 Å². The van der Waals surface area contributed by atoms with Crippen LogP contribution in [0.1, 0.15) is 20.3 Å². The van der Waals surface area contributed by atoms with E-state index in [2.05, 4.69) is 50.6 Å². The molecule has 1 aromatic rings. The number of aromatic nitrogens is 2. The molecule has 0 spiro atoms. The van der Waals surface area contributed by atoms with Crippen LogP contribution in [0.5, 0.6) is 0 Å². The van der Waals surface area contributed by atoms with Crippen LogP contribution in [-0.4, -0.2) is 29.2 Å². The number of carbonyl (C=O) groups excluding carboxylic acids is 1. The minimum Gasteiger partial charge on any atom is -0.360 e. The van der Waals surface area contributed by atoms with E-state index in [-0.39, 0.29) is 5.91 Å². The van der Waals surface area contributed by atoms with Crippen LogP contribution in [0.3, 0.4) is 0 Å². The molecule has 0 aliphatic rings. The lowest BCUT2D eigenvalue weighted by Gasteiger charge is -2.07. The second-order valence-corrected chi connectivity index (χ2v) is 5.99. The van der Waals surface area contributed by atoms with Crippen LogP contribution in [0.4, 0.5) is 5.13 Å². The summed E-state index contributed by atoms with van der Waals surface area (Å²) in [5.41, 5.74) is 0. The van der Waals surface area contributed by atoms with E-state index in [9.17, 15) is 4.79 Å². The van der Waals surface area contributed by atoms with Crippen LogP contribution in [0.2, 0.25) is 0 Å². The maximum atomic E-state index is 11.3. The molecule has 0 aliphatic heterocycles. The van der Waals surface area contributed by atoms with Crippen molar-refractivity contribution in [2.45, 2.75) is 20.3 Å². The van der Waals surface area contributed by atoms with Crippen LogP contribution < -0.4 is 10.6 Å². The molecule has 0 saturated heterocycles. The highest BCUT2D eigenvalue weighted by Crippen LogP contribution is 2.19. The lowest BCUT2D eigenvalue weighted by molar-refractivity contribution is -0.120. The highest BCUT2D eigenvalue weighted by molar-refractivity contribution is 9.11. The zero-order valence-corrected chi connectivity index (χ0v) is 11.7. The molecule has 0 fully saturated rings. The SMILES string of the molecule is CC(C)CNC(=O)CCNc1nnc(Br)s1. The predicted octanol–water partition coefficient (Wildman–Crippen LogP) is 1.87. The minimum absolute atomic E-state index is 0.0600. The van der Waals surface area contributed by atoms with Gasteiger partial charge in [-0.15, -0.1) is 10.2 Å². The fraction of sp³-hybridized carbons (Fsp3) is 0.667. The van der Waals surface area contributed by atoms with Crippen molar-refractivity contribution in [2.75, 3.05) is 18.4 Å². The van der Waals surface area contributed by atoms with E-state index >= 15 is 0 Å². The lowest BCUT2D eigenvalue weighted by Crippen LogP contribution is -2.28. The van der Waals surface area contributed by atoms with E-state index in [0.29, 0.717) is 18.9 Å². The Bertz CT molecular complexity index is 342. The zero-order chi connectivity index (χ0) is 12.0. The molecule has 0 bridgehead atoms. The van der Waals surface area contributed by atoms with E-state index in [4.69, 9.17) is 0 Å². The Kier molecular flexibility index (Phi) is 5.68. The van der Waals surface area contributed by atoms with Crippen LogP contribution in [0.15, 0.2) is 3.92 Å². The number of hydrogen-bond donors (Lipinski definition) is 2. The number of rotatable bonds is 6. The van der Waals surface area contributed by atoms with Gasteiger partial charge in [0.2, 0.25) is 11.0 Å². The summed E-state index contributed by atoms with van der Waals surface area (Å²) in [6, 6.07) is 0. The van der Waals surface area contributed by atoms with E-state index in [1.165, 1.54) is 11.3 Å². The molecule has 0 aliphatic carbocycles. The standard InChI is InChI=1S/C9H15BrN4OS/c1-6(2)5-12-7(15)3-4-11-9-14-13-8(10)16-9/h6H,3-5H2,1-2H3,(H,11,14)(H,12,15). The summed E-state index contributed by atoms with van der Waals surface area (Å²) in [6.45, 7) is 5.43. The number of anilines is 1. The molecule has 90 valence electrons. The van der Waals surface area contributed by atoms with Gasteiger partial charge in [0.1, 0.15) is 0 Å². The Hall–Kier alpha value is -0.690. The first-order valence-corrected chi connectivity index (χ1v) is 6.68. The number of halogens is 1. The summed E-state index contributed by atoms with van der Waals surface area (Å²) in [5, 5.41) is 14.3. The fourth-order valence-electron chi connectivity index (χ4n) is 0.966. The predicted molar refractivity (Wildman–Crippen MR) is 68.6 cm³/mol. The average Bonchev–Trinajstić information content (AvgIpc) is 2.61. The minimum atomic E-state index is 0.0600. The fourth-order valence-corrected chi connectivity index (χ4v) is 2.00. The molecule has 1 amide bonds. The van der Waals surface area contributed by atoms with Gasteiger partial charge in [0.05, 0.1) is 0 Å². The van der Waals surface area contributed by atoms with Gasteiger partial charge in [0.15, 0.2) is 3.92 Å². The molecular formula is C9H15BrN4OS. The van der Waals surface area contributed by atoms with Gasteiger partial charge in [0, 0.05) is 19.5 Å². The topological polar surface area (TPSA) is 66.9 Å². The van der Waals surface area contributed by atoms with Crippen molar-refractivity contribution in [3.63, 3.8) is 0 Å². The van der Waals surface area contributed by atoms with Gasteiger partial charge in [0.25, 0.3) is 0 Å². The third-order valence-corrected chi connectivity index (χ3v) is 3.05. The van der Waals surface area contributed by atoms with Gasteiger partial charge >= 0.3 is 0 Å². The van der Waals surface area contributed by atoms with Crippen molar-refractivity contribution in [2.24, 2.45) is 5.92 Å². The first-order valence-electron chi connectivity index (χ1n) is 5.07. The van der Waals surface area contributed by atoms with Crippen LogP contribution in [0.25, 0.3) is 0 Å². The molecule has 2 N–H and O–H groups in total. The van der Waals surface area contributed by atoms with Gasteiger partial charge in [-0.25, -0.2) is 0 Å². The Morgan fingerprint density at radius 2 is 2.25 bits per heavy atom. The van der Waals surface area contributed by atoms with E-state index in [0.717, 1.165) is 15.6 Å². The van der Waals surface area contributed by atoms with Crippen molar-refractivity contribution in [3.8, 4) is 0 Å². The van der Waals surface area contributed by atoms with Crippen LogP contribution >= 0.6 is 27.3 Å². The number of nitrogens with one attached hydrogen (secondary N) is 2. The molecule has 7 heteroatoms. The monoisotopic (exact) mass is 306 g/mol. The average molecular weight is 307 g/mol. The maximum Gasteiger partial charge on any atom is 0.221 e. The van der Waals surface area contributed by atoms with Gasteiger partial charge < -0.3 is 10.6 Å². The van der Waals surface area contributed by atoms with Crippen molar-refractivity contribution < 1.29 is 4.79 Å². The second-order valence-electron chi connectivity index (χ2n) is 3.73. The van der Waals surface area contributed by atoms with Crippen molar-refractivity contribution in [3.05, 3.63) is 3.92 Å². The first kappa shape index (κ1) is 13.4. The molecule has 1 rings (SSSR count). The Balaban J connectivity index is 2.13. The quantitative estimate of drug-likeness (QED) is 0.842. The molecule has 0 atom stereocenters. The zero-order valence-electron chi connectivity index (χ0n) is 9.29. The van der Waals surface area contributed by atoms with E-state index in [1.807, 2.05) is 0 Å². The lowest BCUT2D eigenvalue weighted by atomic mass is 10.2. The van der Waals surface area contributed by atoms with Crippen molar-refractivity contribution >= 4 is 38.3 Å². The van der Waals surface area contributed by atoms with Crippen molar-refractivity contribution in [1.82, 2.24) is 15.5 Å². The number of hydrogen-bond acceptors (Lipinski definition) is 5. The summed E-state index contributed by atoms with van der Waals surface area (Å²) in [5.74, 6) is 0.542. The molecule has 16 heavy (non-hydrogen) atoms. The van der Waals surface area contributed by atoms with Gasteiger partial charge in [-0.05, 0) is 21.8 Å². The molecular weight excluding hydrogens is 292 g/mol. The third kappa shape index (κ3) is 5.41. The summed E-state index contributed by atoms with van der Waals surface area (Å²) in [4.78, 5) is 11.3. The third-order valence-electron chi connectivity index (χ3n) is 1.74. The molecule has 0 saturated carbocycles. The molecule has 1 aromatic heterocycles. The van der Waals surface area contributed by atoms with E-state index in [1.54, 1.807) is 0 Å². The van der Waals surface area contributed by atoms with Crippen LogP contribution in [-0.2, 0) is 4.79 Å². The van der Waals surface area contributed by atoms with E-state index < -0.39 is 0 Å². The first-order chi connectivity index (χ1) is 7.58. The molecule has 5 nitrogen and oxygen atoms in total. The summed E-state index contributed by atoms with van der Waals surface area (Å²) in [6.07, 6.45) is 0.448. The van der Waals surface area contributed by atoms with Gasteiger partial charge in [-0.2, -0.15) is 0 Å². The summed E-state index contributed by atoms with van der Waals surface area (Å²) < 4.78 is 0.735. The summed E-state index contributed by atoms with van der Waals surface area (Å²) in [7, 11) is 0. The second kappa shape index (κ2) is 6.80. The van der Waals surface area contributed by atoms with Crippen LogP contribution in [0, 0.1) is 5.92 Å². The number of carbonyl (C=O) groups is 1. The highest BCUT2D eigenvalue weighted by Gasteiger charge is 2.04. The summed E-state index contributed by atoms with van der Waals surface area (Å²) >= 11 is 4.63.